The predicted octanol–water partition coefficient (Wildman–Crippen LogP) is 2.87. The van der Waals surface area contributed by atoms with Gasteiger partial charge in [-0.25, -0.2) is 4.39 Å². The van der Waals surface area contributed by atoms with Crippen LogP contribution in [0.4, 0.5) is 10.1 Å². The summed E-state index contributed by atoms with van der Waals surface area (Å²) in [5.74, 6) is -0.774. The van der Waals surface area contributed by atoms with Gasteiger partial charge in [0.2, 0.25) is 0 Å². The summed E-state index contributed by atoms with van der Waals surface area (Å²) in [4.78, 5) is 24.3. The van der Waals surface area contributed by atoms with E-state index in [0.29, 0.717) is 30.8 Å². The van der Waals surface area contributed by atoms with Crippen molar-refractivity contribution in [2.45, 2.75) is 25.5 Å². The summed E-state index contributed by atoms with van der Waals surface area (Å²) in [7, 11) is 0. The number of anilines is 1. The summed E-state index contributed by atoms with van der Waals surface area (Å²) >= 11 is 0. The molecular weight excluding hydrogens is 323 g/mol. The Morgan fingerprint density at radius 1 is 1.16 bits per heavy atom. The van der Waals surface area contributed by atoms with Crippen molar-refractivity contribution >= 4 is 17.5 Å². The Bertz CT molecular complexity index is 756. The summed E-state index contributed by atoms with van der Waals surface area (Å²) in [5, 5.41) is 5.55. The van der Waals surface area contributed by atoms with Crippen molar-refractivity contribution in [2.75, 3.05) is 11.9 Å². The first-order valence-corrected chi connectivity index (χ1v) is 8.17. The number of hydrogen-bond donors (Lipinski definition) is 2. The van der Waals surface area contributed by atoms with Gasteiger partial charge in [-0.15, -0.1) is 0 Å². The average molecular weight is 342 g/mol. The molecule has 2 amide bonds. The van der Waals surface area contributed by atoms with Crippen molar-refractivity contribution in [1.29, 1.82) is 0 Å². The van der Waals surface area contributed by atoms with Gasteiger partial charge in [0.15, 0.2) is 0 Å². The highest BCUT2D eigenvalue weighted by atomic mass is 19.1. The van der Waals surface area contributed by atoms with Gasteiger partial charge < -0.3 is 15.4 Å². The fourth-order valence-corrected chi connectivity index (χ4v) is 2.63. The molecule has 0 aromatic heterocycles. The molecule has 1 aliphatic heterocycles. The maximum absolute atomic E-state index is 12.9. The second-order valence-electron chi connectivity index (χ2n) is 5.88. The van der Waals surface area contributed by atoms with E-state index in [1.807, 2.05) is 0 Å². The van der Waals surface area contributed by atoms with E-state index in [4.69, 9.17) is 4.74 Å². The molecule has 1 saturated heterocycles. The van der Waals surface area contributed by atoms with Crippen molar-refractivity contribution in [3.63, 3.8) is 0 Å². The Kier molecular flexibility index (Phi) is 5.40. The lowest BCUT2D eigenvalue weighted by atomic mass is 10.1. The van der Waals surface area contributed by atoms with E-state index in [1.54, 1.807) is 36.4 Å². The number of ether oxygens (including phenoxy) is 1. The number of rotatable bonds is 5. The van der Waals surface area contributed by atoms with Crippen LogP contribution in [-0.2, 0) is 16.1 Å². The third-order valence-corrected chi connectivity index (χ3v) is 3.98. The molecule has 1 unspecified atom stereocenters. The Labute approximate surface area is 145 Å². The Morgan fingerprint density at radius 3 is 2.68 bits per heavy atom. The summed E-state index contributed by atoms with van der Waals surface area (Å²) < 4.78 is 18.2. The lowest BCUT2D eigenvalue weighted by Gasteiger charge is -2.11. The quantitative estimate of drug-likeness (QED) is 0.878. The zero-order chi connectivity index (χ0) is 17.6. The van der Waals surface area contributed by atoms with Crippen LogP contribution in [0.15, 0.2) is 48.5 Å². The second-order valence-corrected chi connectivity index (χ2v) is 5.88. The number of hydrogen-bond acceptors (Lipinski definition) is 3. The highest BCUT2D eigenvalue weighted by molar-refractivity contribution is 5.98. The topological polar surface area (TPSA) is 67.4 Å². The molecule has 1 fully saturated rings. The molecular formula is C19H19FN2O3. The van der Waals surface area contributed by atoms with Gasteiger partial charge in [0.1, 0.15) is 11.9 Å². The van der Waals surface area contributed by atoms with Crippen LogP contribution in [-0.4, -0.2) is 24.5 Å². The monoisotopic (exact) mass is 342 g/mol. The van der Waals surface area contributed by atoms with Gasteiger partial charge >= 0.3 is 0 Å². The van der Waals surface area contributed by atoms with Gasteiger partial charge in [-0.1, -0.05) is 18.2 Å². The van der Waals surface area contributed by atoms with E-state index >= 15 is 0 Å². The van der Waals surface area contributed by atoms with Crippen LogP contribution in [0.2, 0.25) is 0 Å². The summed E-state index contributed by atoms with van der Waals surface area (Å²) in [5.41, 5.74) is 1.79. The van der Waals surface area contributed by atoms with Crippen LogP contribution in [0.5, 0.6) is 0 Å². The Hall–Kier alpha value is -2.73. The van der Waals surface area contributed by atoms with Crippen LogP contribution >= 0.6 is 0 Å². The molecule has 0 radical (unpaired) electrons. The van der Waals surface area contributed by atoms with E-state index in [-0.39, 0.29) is 17.6 Å². The molecule has 0 aliphatic carbocycles. The van der Waals surface area contributed by atoms with Gasteiger partial charge in [-0.05, 0) is 48.7 Å². The van der Waals surface area contributed by atoms with Crippen LogP contribution < -0.4 is 10.6 Å². The SMILES string of the molecule is O=C(NCc1ccc(F)cc1)c1cccc(NC(=O)C2CCCO2)c1. The second kappa shape index (κ2) is 7.90. The largest absolute Gasteiger partial charge is 0.368 e. The summed E-state index contributed by atoms with van der Waals surface area (Å²) in [6.45, 7) is 0.898. The third kappa shape index (κ3) is 4.64. The van der Waals surface area contributed by atoms with Gasteiger partial charge in [0.05, 0.1) is 0 Å². The maximum Gasteiger partial charge on any atom is 0.253 e. The van der Waals surface area contributed by atoms with Crippen LogP contribution in [0.25, 0.3) is 0 Å². The Morgan fingerprint density at radius 2 is 1.96 bits per heavy atom. The average Bonchev–Trinajstić information content (AvgIpc) is 3.16. The molecule has 25 heavy (non-hydrogen) atoms. The predicted molar refractivity (Wildman–Crippen MR) is 91.6 cm³/mol. The van der Waals surface area contributed by atoms with E-state index in [2.05, 4.69) is 10.6 Å². The van der Waals surface area contributed by atoms with E-state index in [0.717, 1.165) is 12.0 Å². The molecule has 0 bridgehead atoms. The molecule has 6 heteroatoms. The van der Waals surface area contributed by atoms with Gasteiger partial charge in [0.25, 0.3) is 11.8 Å². The molecule has 3 rings (SSSR count). The first-order valence-electron chi connectivity index (χ1n) is 8.17. The number of halogens is 1. The van der Waals surface area contributed by atoms with Crippen LogP contribution in [0.1, 0.15) is 28.8 Å². The molecule has 2 N–H and O–H groups in total. The van der Waals surface area contributed by atoms with E-state index in [9.17, 15) is 14.0 Å². The Balaban J connectivity index is 1.59. The molecule has 5 nitrogen and oxygen atoms in total. The van der Waals surface area contributed by atoms with Crippen LogP contribution in [0.3, 0.4) is 0 Å². The van der Waals surface area contributed by atoms with Gasteiger partial charge in [-0.3, -0.25) is 9.59 Å². The fourth-order valence-electron chi connectivity index (χ4n) is 2.63. The van der Waals surface area contributed by atoms with Crippen molar-refractivity contribution < 1.29 is 18.7 Å². The van der Waals surface area contributed by atoms with E-state index < -0.39 is 6.10 Å². The smallest absolute Gasteiger partial charge is 0.253 e. The fraction of sp³-hybridized carbons (Fsp3) is 0.263. The molecule has 1 heterocycles. The van der Waals surface area contributed by atoms with Crippen molar-refractivity contribution in [3.8, 4) is 0 Å². The molecule has 0 spiro atoms. The molecule has 0 saturated carbocycles. The molecule has 2 aromatic carbocycles. The first kappa shape index (κ1) is 17.1. The van der Waals surface area contributed by atoms with E-state index in [1.165, 1.54) is 12.1 Å². The number of benzene rings is 2. The van der Waals surface area contributed by atoms with Crippen molar-refractivity contribution in [3.05, 3.63) is 65.5 Å². The van der Waals surface area contributed by atoms with Crippen molar-refractivity contribution in [1.82, 2.24) is 5.32 Å². The minimum atomic E-state index is -0.420. The van der Waals surface area contributed by atoms with Gasteiger partial charge in [-0.2, -0.15) is 0 Å². The lowest BCUT2D eigenvalue weighted by Crippen LogP contribution is -2.27. The van der Waals surface area contributed by atoms with Crippen molar-refractivity contribution in [2.24, 2.45) is 0 Å². The van der Waals surface area contributed by atoms with Crippen LogP contribution in [0, 0.1) is 5.82 Å². The lowest BCUT2D eigenvalue weighted by molar-refractivity contribution is -0.124. The first-order chi connectivity index (χ1) is 12.1. The maximum atomic E-state index is 12.9. The number of nitrogens with one attached hydrogen (secondary N) is 2. The highest BCUT2D eigenvalue weighted by Gasteiger charge is 2.23. The number of carbonyl (C=O) groups excluding carboxylic acids is 2. The highest BCUT2D eigenvalue weighted by Crippen LogP contribution is 2.16. The molecule has 2 aromatic rings. The molecule has 1 atom stereocenters. The minimum absolute atomic E-state index is 0.193. The third-order valence-electron chi connectivity index (χ3n) is 3.98. The minimum Gasteiger partial charge on any atom is -0.368 e. The van der Waals surface area contributed by atoms with Gasteiger partial charge in [0, 0.05) is 24.4 Å². The molecule has 1 aliphatic rings. The summed E-state index contributed by atoms with van der Waals surface area (Å²) in [6.07, 6.45) is 1.17. The molecule has 130 valence electrons. The number of amides is 2. The standard InChI is InChI=1S/C19H19FN2O3/c20-15-8-6-13(7-9-15)12-21-18(23)14-3-1-4-16(11-14)22-19(24)17-5-2-10-25-17/h1,3-4,6-9,11,17H,2,5,10,12H2,(H,21,23)(H,22,24). The zero-order valence-electron chi connectivity index (χ0n) is 13.6. The number of carbonyl (C=O) groups is 2. The normalized spacial score (nSPS) is 16.4. The zero-order valence-corrected chi connectivity index (χ0v) is 13.6. The summed E-state index contributed by atoms with van der Waals surface area (Å²) in [6, 6.07) is 12.7.